The molecule has 1 aliphatic heterocycles. The topological polar surface area (TPSA) is 38.1 Å². The Balaban J connectivity index is 1.40. The van der Waals surface area contributed by atoms with Gasteiger partial charge < -0.3 is 9.47 Å². The van der Waals surface area contributed by atoms with Crippen LogP contribution in [0, 0.1) is 5.82 Å². The van der Waals surface area contributed by atoms with Crippen LogP contribution < -0.4 is 4.90 Å². The zero-order chi connectivity index (χ0) is 22.9. The van der Waals surface area contributed by atoms with E-state index < -0.39 is 0 Å². The van der Waals surface area contributed by atoms with Gasteiger partial charge in [0.25, 0.3) is 0 Å². The van der Waals surface area contributed by atoms with Crippen LogP contribution in [0.4, 0.5) is 10.1 Å². The third-order valence-corrected chi connectivity index (χ3v) is 7.96. The van der Waals surface area contributed by atoms with Gasteiger partial charge in [0.15, 0.2) is 5.16 Å². The second-order valence-corrected chi connectivity index (χ2v) is 10.3. The molecule has 1 aromatic heterocycles. The molecule has 7 heteroatoms. The van der Waals surface area contributed by atoms with Crippen molar-refractivity contribution in [3.05, 3.63) is 65.1 Å². The smallest absolute Gasteiger partial charge is 0.237 e. The second-order valence-electron chi connectivity index (χ2n) is 8.95. The number of fused-ring (bicyclic) bond motifs is 1. The van der Waals surface area contributed by atoms with Crippen LogP contribution >= 0.6 is 23.4 Å². The lowest BCUT2D eigenvalue weighted by Crippen LogP contribution is -2.43. The van der Waals surface area contributed by atoms with Crippen LogP contribution in [0.25, 0.3) is 11.3 Å². The Morgan fingerprint density at radius 3 is 2.67 bits per heavy atom. The number of aromatic nitrogens is 2. The molecule has 2 heterocycles. The number of thioether (sulfide) groups is 1. The molecule has 5 rings (SSSR count). The molecule has 1 fully saturated rings. The van der Waals surface area contributed by atoms with E-state index in [1.54, 1.807) is 12.1 Å². The highest BCUT2D eigenvalue weighted by Crippen LogP contribution is 2.38. The number of carbonyl (C=O) groups is 1. The Morgan fingerprint density at radius 1 is 1.15 bits per heavy atom. The predicted molar refractivity (Wildman–Crippen MR) is 133 cm³/mol. The fraction of sp³-hybridized carbons (Fsp3) is 0.385. The van der Waals surface area contributed by atoms with Crippen LogP contribution in [-0.2, 0) is 11.2 Å². The van der Waals surface area contributed by atoms with E-state index in [1.807, 2.05) is 35.4 Å². The van der Waals surface area contributed by atoms with Gasteiger partial charge in [-0.2, -0.15) is 0 Å². The molecule has 1 amide bonds. The summed E-state index contributed by atoms with van der Waals surface area (Å²) < 4.78 is 16.0. The lowest BCUT2D eigenvalue weighted by molar-refractivity contribution is -0.116. The molecular weight excluding hydrogens is 457 g/mol. The molecular formula is C26H27ClFN3OS. The first-order valence-corrected chi connectivity index (χ1v) is 12.9. The standard InChI is InChI=1S/C26H27ClFN3OS/c1-17-6-7-19-14-21(28)12-13-23(19)30(17)25(32)16-33-26-29-15-24(18-8-10-20(27)11-9-18)31(26)22-4-2-3-5-22/h8-15,17,22H,2-7,16H2,1H3/t17-/m1/s1. The summed E-state index contributed by atoms with van der Waals surface area (Å²) in [4.78, 5) is 19.9. The molecule has 1 saturated carbocycles. The minimum absolute atomic E-state index is 0.0362. The molecule has 3 aromatic rings. The summed E-state index contributed by atoms with van der Waals surface area (Å²) in [6, 6.07) is 13.1. The number of nitrogens with zero attached hydrogens (tertiary/aromatic N) is 3. The van der Waals surface area contributed by atoms with Crippen LogP contribution in [0.3, 0.4) is 0 Å². The van der Waals surface area contributed by atoms with E-state index in [4.69, 9.17) is 16.6 Å². The molecule has 2 aromatic carbocycles. The number of hydrogen-bond donors (Lipinski definition) is 0. The SMILES string of the molecule is C[C@@H]1CCc2cc(F)ccc2N1C(=O)CSc1ncc(-c2ccc(Cl)cc2)n1C1CCCC1. The fourth-order valence-electron chi connectivity index (χ4n) is 5.10. The van der Waals surface area contributed by atoms with Crippen molar-refractivity contribution in [1.82, 2.24) is 9.55 Å². The molecule has 1 aliphatic carbocycles. The largest absolute Gasteiger partial charge is 0.316 e. The van der Waals surface area contributed by atoms with Crippen molar-refractivity contribution in [3.63, 3.8) is 0 Å². The number of anilines is 1. The maximum atomic E-state index is 13.7. The van der Waals surface area contributed by atoms with E-state index in [-0.39, 0.29) is 17.8 Å². The van der Waals surface area contributed by atoms with Crippen molar-refractivity contribution in [2.45, 2.75) is 62.7 Å². The summed E-state index contributed by atoms with van der Waals surface area (Å²) in [6.07, 6.45) is 8.22. The van der Waals surface area contributed by atoms with Crippen LogP contribution in [-0.4, -0.2) is 27.3 Å². The van der Waals surface area contributed by atoms with Gasteiger partial charge in [-0.15, -0.1) is 0 Å². The number of benzene rings is 2. The van der Waals surface area contributed by atoms with Gasteiger partial charge in [-0.05, 0) is 74.1 Å². The molecule has 2 aliphatic rings. The van der Waals surface area contributed by atoms with Crippen LogP contribution in [0.2, 0.25) is 5.02 Å². The van der Waals surface area contributed by atoms with Crippen LogP contribution in [0.5, 0.6) is 0 Å². The molecule has 0 saturated heterocycles. The van der Waals surface area contributed by atoms with Gasteiger partial charge in [0, 0.05) is 22.8 Å². The lowest BCUT2D eigenvalue weighted by atomic mass is 9.96. The highest BCUT2D eigenvalue weighted by molar-refractivity contribution is 7.99. The van der Waals surface area contributed by atoms with Gasteiger partial charge in [0.1, 0.15) is 5.82 Å². The van der Waals surface area contributed by atoms with Crippen molar-refractivity contribution in [1.29, 1.82) is 0 Å². The van der Waals surface area contributed by atoms with Gasteiger partial charge in [-0.25, -0.2) is 9.37 Å². The Morgan fingerprint density at radius 2 is 1.91 bits per heavy atom. The van der Waals surface area contributed by atoms with E-state index in [1.165, 1.54) is 30.7 Å². The van der Waals surface area contributed by atoms with Crippen LogP contribution in [0.15, 0.2) is 53.8 Å². The lowest BCUT2D eigenvalue weighted by Gasteiger charge is -2.35. The van der Waals surface area contributed by atoms with Crippen molar-refractivity contribution >= 4 is 35.0 Å². The highest BCUT2D eigenvalue weighted by atomic mass is 35.5. The average Bonchev–Trinajstić information content (AvgIpc) is 3.48. The predicted octanol–water partition coefficient (Wildman–Crippen LogP) is 6.92. The Labute approximate surface area is 203 Å². The molecule has 0 N–H and O–H groups in total. The zero-order valence-electron chi connectivity index (χ0n) is 18.6. The maximum absolute atomic E-state index is 13.7. The summed E-state index contributed by atoms with van der Waals surface area (Å²) in [5, 5.41) is 1.59. The normalized spacial score (nSPS) is 18.5. The quantitative estimate of drug-likeness (QED) is 0.370. The third kappa shape index (κ3) is 4.56. The van der Waals surface area contributed by atoms with E-state index in [0.717, 1.165) is 53.3 Å². The van der Waals surface area contributed by atoms with Gasteiger partial charge in [0.2, 0.25) is 5.91 Å². The van der Waals surface area contributed by atoms with E-state index in [2.05, 4.69) is 11.5 Å². The first-order chi connectivity index (χ1) is 16.0. The van der Waals surface area contributed by atoms with Crippen molar-refractivity contribution < 1.29 is 9.18 Å². The maximum Gasteiger partial charge on any atom is 0.237 e. The van der Waals surface area contributed by atoms with Crippen molar-refractivity contribution in [2.75, 3.05) is 10.7 Å². The summed E-state index contributed by atoms with van der Waals surface area (Å²) in [5.74, 6) is 0.0813. The first-order valence-electron chi connectivity index (χ1n) is 11.6. The van der Waals surface area contributed by atoms with Gasteiger partial charge in [0.05, 0.1) is 17.6 Å². The number of carbonyl (C=O) groups excluding carboxylic acids is 1. The number of aryl methyl sites for hydroxylation is 1. The van der Waals surface area contributed by atoms with Crippen molar-refractivity contribution in [2.24, 2.45) is 0 Å². The molecule has 33 heavy (non-hydrogen) atoms. The number of hydrogen-bond acceptors (Lipinski definition) is 3. The molecule has 4 nitrogen and oxygen atoms in total. The van der Waals surface area contributed by atoms with E-state index >= 15 is 0 Å². The number of rotatable bonds is 5. The average molecular weight is 484 g/mol. The Kier molecular flexibility index (Phi) is 6.48. The molecule has 0 unspecified atom stereocenters. The summed E-state index contributed by atoms with van der Waals surface area (Å²) in [7, 11) is 0. The van der Waals surface area contributed by atoms with Gasteiger partial charge in [-0.1, -0.05) is 48.3 Å². The third-order valence-electron chi connectivity index (χ3n) is 6.76. The Hall–Kier alpha value is -2.31. The summed E-state index contributed by atoms with van der Waals surface area (Å²) >= 11 is 7.59. The number of halogens is 2. The van der Waals surface area contributed by atoms with E-state index in [0.29, 0.717) is 16.8 Å². The minimum Gasteiger partial charge on any atom is -0.316 e. The van der Waals surface area contributed by atoms with Gasteiger partial charge >= 0.3 is 0 Å². The van der Waals surface area contributed by atoms with Crippen molar-refractivity contribution in [3.8, 4) is 11.3 Å². The first kappa shape index (κ1) is 22.5. The minimum atomic E-state index is -0.251. The summed E-state index contributed by atoms with van der Waals surface area (Å²) in [5.41, 5.74) is 3.89. The summed E-state index contributed by atoms with van der Waals surface area (Å²) in [6.45, 7) is 2.06. The number of amides is 1. The fourth-order valence-corrected chi connectivity index (χ4v) is 6.13. The zero-order valence-corrected chi connectivity index (χ0v) is 20.2. The van der Waals surface area contributed by atoms with Gasteiger partial charge in [-0.3, -0.25) is 4.79 Å². The van der Waals surface area contributed by atoms with E-state index in [9.17, 15) is 9.18 Å². The second kappa shape index (κ2) is 9.51. The molecule has 1 atom stereocenters. The highest BCUT2D eigenvalue weighted by Gasteiger charge is 2.30. The molecule has 0 radical (unpaired) electrons. The number of imidazole rings is 1. The molecule has 172 valence electrons. The molecule has 0 bridgehead atoms. The van der Waals surface area contributed by atoms with Crippen LogP contribution in [0.1, 0.15) is 50.6 Å². The molecule has 0 spiro atoms. The monoisotopic (exact) mass is 483 g/mol. The Bertz CT molecular complexity index is 1160.